The minimum atomic E-state index is -0.689. The minimum absolute atomic E-state index is 0.381. The van der Waals surface area contributed by atoms with E-state index < -0.39 is 11.4 Å². The molecule has 0 saturated carbocycles. The molecule has 2 aliphatic heterocycles. The molecule has 104 valence electrons. The van der Waals surface area contributed by atoms with Gasteiger partial charge in [-0.1, -0.05) is 13.8 Å². The fourth-order valence-corrected chi connectivity index (χ4v) is 3.17. The zero-order valence-corrected chi connectivity index (χ0v) is 11.5. The zero-order chi connectivity index (χ0) is 13.2. The summed E-state index contributed by atoms with van der Waals surface area (Å²) in [6.07, 6.45) is 3.06. The van der Waals surface area contributed by atoms with Crippen LogP contribution in [0.2, 0.25) is 0 Å². The van der Waals surface area contributed by atoms with Crippen LogP contribution in [0.15, 0.2) is 0 Å². The van der Waals surface area contributed by atoms with E-state index in [4.69, 9.17) is 4.74 Å². The molecule has 0 aromatic rings. The Balaban J connectivity index is 1.88. The van der Waals surface area contributed by atoms with Gasteiger partial charge in [-0.3, -0.25) is 4.79 Å². The number of carboxylic acids is 1. The van der Waals surface area contributed by atoms with E-state index in [2.05, 4.69) is 18.7 Å². The third-order valence-electron chi connectivity index (χ3n) is 4.66. The van der Waals surface area contributed by atoms with Crippen molar-refractivity contribution in [2.45, 2.75) is 33.1 Å². The van der Waals surface area contributed by atoms with Crippen LogP contribution in [-0.4, -0.2) is 48.8 Å². The number of aliphatic carboxylic acids is 1. The van der Waals surface area contributed by atoms with Crippen molar-refractivity contribution in [3.05, 3.63) is 0 Å². The van der Waals surface area contributed by atoms with Crippen molar-refractivity contribution in [2.24, 2.45) is 17.3 Å². The number of carbonyl (C=O) groups is 1. The predicted octanol–water partition coefficient (Wildman–Crippen LogP) is 1.85. The van der Waals surface area contributed by atoms with E-state index in [1.807, 2.05) is 0 Å². The first-order chi connectivity index (χ1) is 8.53. The number of carboxylic acid groups (broad SMARTS) is 1. The molecule has 0 aromatic heterocycles. The Morgan fingerprint density at radius 2 is 2.11 bits per heavy atom. The third kappa shape index (κ3) is 2.86. The largest absolute Gasteiger partial charge is 0.481 e. The molecule has 0 amide bonds. The molecule has 0 radical (unpaired) electrons. The molecule has 2 aliphatic rings. The van der Waals surface area contributed by atoms with Crippen molar-refractivity contribution >= 4 is 5.97 Å². The van der Waals surface area contributed by atoms with E-state index in [9.17, 15) is 9.90 Å². The van der Waals surface area contributed by atoms with Gasteiger partial charge in [0.05, 0.1) is 6.61 Å². The van der Waals surface area contributed by atoms with Gasteiger partial charge in [0.25, 0.3) is 0 Å². The molecule has 2 fully saturated rings. The van der Waals surface area contributed by atoms with Gasteiger partial charge in [-0.05, 0) is 44.2 Å². The normalized spacial score (nSPS) is 31.1. The standard InChI is InChI=1S/C14H25NO3/c1-11(2)12-3-6-15(7-4-12)9-14(13(16)17)5-8-18-10-14/h11-12H,3-10H2,1-2H3,(H,16,17). The fraction of sp³-hybridized carbons (Fsp3) is 0.929. The third-order valence-corrected chi connectivity index (χ3v) is 4.66. The van der Waals surface area contributed by atoms with Gasteiger partial charge >= 0.3 is 5.97 Å². The van der Waals surface area contributed by atoms with E-state index in [1.54, 1.807) is 0 Å². The van der Waals surface area contributed by atoms with Crippen LogP contribution in [0, 0.1) is 17.3 Å². The van der Waals surface area contributed by atoms with Crippen molar-refractivity contribution in [3.8, 4) is 0 Å². The van der Waals surface area contributed by atoms with Crippen LogP contribution in [-0.2, 0) is 9.53 Å². The van der Waals surface area contributed by atoms with Crippen LogP contribution in [0.3, 0.4) is 0 Å². The lowest BCUT2D eigenvalue weighted by molar-refractivity contribution is -0.150. The summed E-state index contributed by atoms with van der Waals surface area (Å²) in [5.41, 5.74) is -0.648. The lowest BCUT2D eigenvalue weighted by atomic mass is 9.83. The highest BCUT2D eigenvalue weighted by molar-refractivity contribution is 5.75. The molecule has 1 atom stereocenters. The molecule has 1 unspecified atom stereocenters. The molecular formula is C14H25NO3. The fourth-order valence-electron chi connectivity index (χ4n) is 3.17. The Morgan fingerprint density at radius 3 is 2.56 bits per heavy atom. The summed E-state index contributed by atoms with van der Waals surface area (Å²) >= 11 is 0. The molecule has 0 aromatic carbocycles. The number of hydrogen-bond donors (Lipinski definition) is 1. The number of nitrogens with zero attached hydrogens (tertiary/aromatic N) is 1. The van der Waals surface area contributed by atoms with Crippen LogP contribution >= 0.6 is 0 Å². The van der Waals surface area contributed by atoms with Crippen molar-refractivity contribution < 1.29 is 14.6 Å². The summed E-state index contributed by atoms with van der Waals surface area (Å²) in [5.74, 6) is 0.864. The van der Waals surface area contributed by atoms with Crippen molar-refractivity contribution in [2.75, 3.05) is 32.8 Å². The maximum Gasteiger partial charge on any atom is 0.313 e. The Morgan fingerprint density at radius 1 is 1.44 bits per heavy atom. The molecule has 0 bridgehead atoms. The molecule has 2 heterocycles. The number of rotatable bonds is 4. The van der Waals surface area contributed by atoms with Crippen molar-refractivity contribution in [1.82, 2.24) is 4.90 Å². The first kappa shape index (κ1) is 13.8. The highest BCUT2D eigenvalue weighted by Gasteiger charge is 2.44. The topological polar surface area (TPSA) is 49.8 Å². The van der Waals surface area contributed by atoms with E-state index >= 15 is 0 Å². The first-order valence-electron chi connectivity index (χ1n) is 7.07. The van der Waals surface area contributed by atoms with Crippen LogP contribution < -0.4 is 0 Å². The van der Waals surface area contributed by atoms with Crippen LogP contribution in [0.1, 0.15) is 33.1 Å². The quantitative estimate of drug-likeness (QED) is 0.833. The average molecular weight is 255 g/mol. The second-order valence-corrected chi connectivity index (χ2v) is 6.25. The number of piperidine rings is 1. The highest BCUT2D eigenvalue weighted by Crippen LogP contribution is 2.32. The zero-order valence-electron chi connectivity index (χ0n) is 11.5. The van der Waals surface area contributed by atoms with Crippen LogP contribution in [0.4, 0.5) is 0 Å². The van der Waals surface area contributed by atoms with Gasteiger partial charge in [0.1, 0.15) is 5.41 Å². The summed E-state index contributed by atoms with van der Waals surface area (Å²) in [6, 6.07) is 0. The summed E-state index contributed by atoms with van der Waals surface area (Å²) in [5, 5.41) is 9.43. The van der Waals surface area contributed by atoms with Gasteiger partial charge in [-0.2, -0.15) is 0 Å². The monoisotopic (exact) mass is 255 g/mol. The molecule has 2 rings (SSSR count). The molecule has 18 heavy (non-hydrogen) atoms. The summed E-state index contributed by atoms with van der Waals surface area (Å²) in [4.78, 5) is 13.8. The molecule has 4 heteroatoms. The number of likely N-dealkylation sites (tertiary alicyclic amines) is 1. The van der Waals surface area contributed by atoms with E-state index in [-0.39, 0.29) is 0 Å². The van der Waals surface area contributed by atoms with Gasteiger partial charge < -0.3 is 14.7 Å². The maximum absolute atomic E-state index is 11.5. The van der Waals surface area contributed by atoms with Crippen molar-refractivity contribution in [3.63, 3.8) is 0 Å². The average Bonchev–Trinajstić information content (AvgIpc) is 2.79. The molecule has 2 saturated heterocycles. The summed E-state index contributed by atoms with van der Waals surface area (Å²) in [6.45, 7) is 8.28. The predicted molar refractivity (Wildman–Crippen MR) is 69.5 cm³/mol. The molecular weight excluding hydrogens is 230 g/mol. The minimum Gasteiger partial charge on any atom is -0.481 e. The van der Waals surface area contributed by atoms with Gasteiger partial charge in [0.2, 0.25) is 0 Å². The molecule has 4 nitrogen and oxygen atoms in total. The highest BCUT2D eigenvalue weighted by atomic mass is 16.5. The first-order valence-corrected chi connectivity index (χ1v) is 7.07. The van der Waals surface area contributed by atoms with Gasteiger partial charge in [-0.25, -0.2) is 0 Å². The molecule has 1 N–H and O–H groups in total. The summed E-state index contributed by atoms with van der Waals surface area (Å²) in [7, 11) is 0. The Hall–Kier alpha value is -0.610. The summed E-state index contributed by atoms with van der Waals surface area (Å²) < 4.78 is 5.32. The second-order valence-electron chi connectivity index (χ2n) is 6.25. The maximum atomic E-state index is 11.5. The van der Waals surface area contributed by atoms with E-state index in [0.717, 1.165) is 24.9 Å². The molecule has 0 spiro atoms. The lowest BCUT2D eigenvalue weighted by Gasteiger charge is -2.37. The Kier molecular flexibility index (Phi) is 4.28. The van der Waals surface area contributed by atoms with Crippen molar-refractivity contribution in [1.29, 1.82) is 0 Å². The number of ether oxygens (including phenoxy) is 1. The van der Waals surface area contributed by atoms with Gasteiger partial charge in [0.15, 0.2) is 0 Å². The van der Waals surface area contributed by atoms with Gasteiger partial charge in [-0.15, -0.1) is 0 Å². The van der Waals surface area contributed by atoms with Gasteiger partial charge in [0, 0.05) is 13.2 Å². The lowest BCUT2D eigenvalue weighted by Crippen LogP contribution is -2.46. The van der Waals surface area contributed by atoms with E-state index in [1.165, 1.54) is 12.8 Å². The van der Waals surface area contributed by atoms with Crippen LogP contribution in [0.5, 0.6) is 0 Å². The Labute approximate surface area is 109 Å². The SMILES string of the molecule is CC(C)C1CCN(CC2(C(=O)O)CCOC2)CC1. The van der Waals surface area contributed by atoms with Crippen LogP contribution in [0.25, 0.3) is 0 Å². The second kappa shape index (κ2) is 5.57. The Bertz CT molecular complexity index is 289. The van der Waals surface area contributed by atoms with E-state index in [0.29, 0.717) is 26.2 Å². The number of hydrogen-bond acceptors (Lipinski definition) is 3. The molecule has 0 aliphatic carbocycles. The smallest absolute Gasteiger partial charge is 0.313 e.